The lowest BCUT2D eigenvalue weighted by Crippen LogP contribution is -2.36. The quantitative estimate of drug-likeness (QED) is 0.643. The van der Waals surface area contributed by atoms with Gasteiger partial charge in [0, 0.05) is 37.4 Å². The molecule has 3 heterocycles. The topological polar surface area (TPSA) is 76.9 Å². The van der Waals surface area contributed by atoms with Crippen molar-refractivity contribution in [2.45, 2.75) is 12.3 Å². The fourth-order valence-corrected chi connectivity index (χ4v) is 3.85. The van der Waals surface area contributed by atoms with E-state index in [0.717, 1.165) is 54.3 Å². The van der Waals surface area contributed by atoms with Gasteiger partial charge < -0.3 is 24.2 Å². The molecule has 158 valence electrons. The van der Waals surface area contributed by atoms with Crippen LogP contribution in [0.4, 0.5) is 5.69 Å². The molecule has 0 bridgehead atoms. The summed E-state index contributed by atoms with van der Waals surface area (Å²) >= 11 is 0. The van der Waals surface area contributed by atoms with Crippen molar-refractivity contribution in [1.82, 2.24) is 9.97 Å². The Kier molecular flexibility index (Phi) is 6.30. The highest BCUT2D eigenvalue weighted by Crippen LogP contribution is 2.33. The van der Waals surface area contributed by atoms with E-state index in [1.54, 1.807) is 14.2 Å². The van der Waals surface area contributed by atoms with Crippen LogP contribution in [-0.4, -0.2) is 62.2 Å². The van der Waals surface area contributed by atoms with Crippen LogP contribution < -0.4 is 14.4 Å². The second-order valence-electron chi connectivity index (χ2n) is 7.28. The molecular formula is C23H27N3O4. The van der Waals surface area contributed by atoms with E-state index in [2.05, 4.69) is 16.0 Å². The summed E-state index contributed by atoms with van der Waals surface area (Å²) in [5, 5.41) is 9.72. The minimum absolute atomic E-state index is 0.0516. The average Bonchev–Trinajstić information content (AvgIpc) is 2.82. The fourth-order valence-electron chi connectivity index (χ4n) is 3.85. The Hall–Kier alpha value is -2.90. The molecule has 0 saturated carbocycles. The van der Waals surface area contributed by atoms with Gasteiger partial charge in [-0.3, -0.25) is 9.97 Å². The molecule has 1 aromatic carbocycles. The van der Waals surface area contributed by atoms with Crippen LogP contribution in [0, 0.1) is 0 Å². The lowest BCUT2D eigenvalue weighted by atomic mass is 9.91. The lowest BCUT2D eigenvalue weighted by Gasteiger charge is -2.28. The summed E-state index contributed by atoms with van der Waals surface area (Å²) in [4.78, 5) is 11.8. The summed E-state index contributed by atoms with van der Waals surface area (Å²) in [6.45, 7) is 3.20. The zero-order valence-electron chi connectivity index (χ0n) is 17.4. The Labute approximate surface area is 176 Å². The van der Waals surface area contributed by atoms with E-state index in [1.165, 1.54) is 0 Å². The Morgan fingerprint density at radius 1 is 1.03 bits per heavy atom. The van der Waals surface area contributed by atoms with Crippen LogP contribution >= 0.6 is 0 Å². The van der Waals surface area contributed by atoms with Crippen LogP contribution in [0.2, 0.25) is 0 Å². The monoisotopic (exact) mass is 409 g/mol. The number of aliphatic hydroxyl groups excluding tert-OH is 1. The van der Waals surface area contributed by atoms with Gasteiger partial charge in [-0.15, -0.1) is 0 Å². The van der Waals surface area contributed by atoms with Crippen molar-refractivity contribution in [3.05, 3.63) is 53.9 Å². The van der Waals surface area contributed by atoms with E-state index in [9.17, 15) is 5.11 Å². The molecule has 1 N–H and O–H groups in total. The smallest absolute Gasteiger partial charge is 0.122 e. The molecule has 30 heavy (non-hydrogen) atoms. The first-order chi connectivity index (χ1) is 14.7. The summed E-state index contributed by atoms with van der Waals surface area (Å²) in [5.74, 6) is 1.34. The van der Waals surface area contributed by atoms with E-state index in [4.69, 9.17) is 19.2 Å². The predicted molar refractivity (Wildman–Crippen MR) is 116 cm³/mol. The Morgan fingerprint density at radius 2 is 1.77 bits per heavy atom. The van der Waals surface area contributed by atoms with Gasteiger partial charge >= 0.3 is 0 Å². The third kappa shape index (κ3) is 4.32. The Morgan fingerprint density at radius 3 is 2.43 bits per heavy atom. The van der Waals surface area contributed by atoms with Gasteiger partial charge in [-0.2, -0.15) is 0 Å². The van der Waals surface area contributed by atoms with Gasteiger partial charge in [0.15, 0.2) is 0 Å². The summed E-state index contributed by atoms with van der Waals surface area (Å²) < 4.78 is 16.3. The van der Waals surface area contributed by atoms with E-state index in [0.29, 0.717) is 17.9 Å². The zero-order valence-corrected chi connectivity index (χ0v) is 17.4. The third-order valence-corrected chi connectivity index (χ3v) is 5.47. The molecule has 4 rings (SSSR count). The average molecular weight is 409 g/mol. The Bertz CT molecular complexity index is 983. The maximum absolute atomic E-state index is 9.72. The minimum Gasteiger partial charge on any atom is -0.497 e. The second kappa shape index (κ2) is 9.28. The SMILES string of the molecule is COc1cc(OC)cc(C(CCO)c2ccc3ncc(N4CCOCC4)cc3n2)c1. The third-order valence-electron chi connectivity index (χ3n) is 5.47. The van der Waals surface area contributed by atoms with Crippen LogP contribution in [0.25, 0.3) is 11.0 Å². The number of aromatic nitrogens is 2. The largest absolute Gasteiger partial charge is 0.497 e. The number of aliphatic hydroxyl groups is 1. The molecule has 1 saturated heterocycles. The van der Waals surface area contributed by atoms with E-state index in [1.807, 2.05) is 36.5 Å². The predicted octanol–water partition coefficient (Wildman–Crippen LogP) is 3.00. The Balaban J connectivity index is 1.73. The molecule has 1 aliphatic rings. The first-order valence-corrected chi connectivity index (χ1v) is 10.1. The zero-order chi connectivity index (χ0) is 20.9. The van der Waals surface area contributed by atoms with Gasteiger partial charge in [0.2, 0.25) is 0 Å². The molecule has 2 aromatic heterocycles. The first-order valence-electron chi connectivity index (χ1n) is 10.1. The van der Waals surface area contributed by atoms with Crippen molar-refractivity contribution in [3.8, 4) is 11.5 Å². The number of morpholine rings is 1. The molecule has 0 radical (unpaired) electrons. The van der Waals surface area contributed by atoms with E-state index in [-0.39, 0.29) is 12.5 Å². The van der Waals surface area contributed by atoms with Gasteiger partial charge in [0.1, 0.15) is 11.5 Å². The van der Waals surface area contributed by atoms with E-state index < -0.39 is 0 Å². The standard InChI is InChI=1S/C23H27N3O4/c1-28-18-11-16(12-19(14-18)29-2)20(5-8-27)21-3-4-22-23(25-21)13-17(15-24-22)26-6-9-30-10-7-26/h3-4,11-15,20,27H,5-10H2,1-2H3. The van der Waals surface area contributed by atoms with Gasteiger partial charge in [-0.05, 0) is 42.3 Å². The number of hydrogen-bond acceptors (Lipinski definition) is 7. The molecule has 3 aromatic rings. The highest BCUT2D eigenvalue weighted by atomic mass is 16.5. The summed E-state index contributed by atoms with van der Waals surface area (Å²) in [6, 6.07) is 11.8. The number of fused-ring (bicyclic) bond motifs is 1. The van der Waals surface area contributed by atoms with Crippen molar-refractivity contribution in [2.24, 2.45) is 0 Å². The highest BCUT2D eigenvalue weighted by Gasteiger charge is 2.19. The van der Waals surface area contributed by atoms with Gasteiger partial charge in [-0.1, -0.05) is 0 Å². The number of pyridine rings is 2. The summed E-state index contributed by atoms with van der Waals surface area (Å²) in [6.07, 6.45) is 2.44. The summed E-state index contributed by atoms with van der Waals surface area (Å²) in [5.41, 5.74) is 4.62. The van der Waals surface area contributed by atoms with E-state index >= 15 is 0 Å². The minimum atomic E-state index is -0.0876. The van der Waals surface area contributed by atoms with Crippen LogP contribution in [-0.2, 0) is 4.74 Å². The number of rotatable bonds is 7. The van der Waals surface area contributed by atoms with Crippen LogP contribution in [0.3, 0.4) is 0 Å². The highest BCUT2D eigenvalue weighted by molar-refractivity contribution is 5.78. The van der Waals surface area contributed by atoms with Crippen LogP contribution in [0.5, 0.6) is 11.5 Å². The lowest BCUT2D eigenvalue weighted by molar-refractivity contribution is 0.122. The number of benzene rings is 1. The molecule has 7 heteroatoms. The summed E-state index contributed by atoms with van der Waals surface area (Å²) in [7, 11) is 3.26. The normalized spacial score (nSPS) is 15.2. The van der Waals surface area contributed by atoms with Crippen molar-refractivity contribution in [1.29, 1.82) is 0 Å². The van der Waals surface area contributed by atoms with Crippen molar-refractivity contribution < 1.29 is 19.3 Å². The first kappa shape index (κ1) is 20.4. The molecule has 1 aliphatic heterocycles. The molecule has 0 aliphatic carbocycles. The van der Waals surface area contributed by atoms with Crippen LogP contribution in [0.15, 0.2) is 42.6 Å². The fraction of sp³-hybridized carbons (Fsp3) is 0.391. The van der Waals surface area contributed by atoms with Crippen molar-refractivity contribution >= 4 is 16.7 Å². The molecule has 0 amide bonds. The number of anilines is 1. The molecule has 0 spiro atoms. The molecule has 7 nitrogen and oxygen atoms in total. The van der Waals surface area contributed by atoms with Crippen LogP contribution in [0.1, 0.15) is 23.6 Å². The van der Waals surface area contributed by atoms with Crippen molar-refractivity contribution in [2.75, 3.05) is 52.0 Å². The van der Waals surface area contributed by atoms with Gasteiger partial charge in [-0.25, -0.2) is 0 Å². The molecule has 1 unspecified atom stereocenters. The van der Waals surface area contributed by atoms with Gasteiger partial charge in [0.25, 0.3) is 0 Å². The van der Waals surface area contributed by atoms with Gasteiger partial charge in [0.05, 0.1) is 50.4 Å². The second-order valence-corrected chi connectivity index (χ2v) is 7.28. The maximum atomic E-state index is 9.72. The maximum Gasteiger partial charge on any atom is 0.122 e. The number of nitrogens with zero attached hydrogens (tertiary/aromatic N) is 3. The molecular weight excluding hydrogens is 382 g/mol. The number of hydrogen-bond donors (Lipinski definition) is 1. The number of methoxy groups -OCH3 is 2. The van der Waals surface area contributed by atoms with Crippen molar-refractivity contribution in [3.63, 3.8) is 0 Å². The molecule has 1 fully saturated rings. The number of ether oxygens (including phenoxy) is 3. The molecule has 1 atom stereocenters.